The molecule has 1 nitrogen and oxygen atoms in total. The lowest BCUT2D eigenvalue weighted by atomic mass is 10.1. The number of ether oxygens (including phenoxy) is 1. The first-order valence-electron chi connectivity index (χ1n) is 4.18. The largest absolute Gasteiger partial charge is 0.492 e. The Morgan fingerprint density at radius 3 is 2.46 bits per heavy atom. The first-order chi connectivity index (χ1) is 6.24. The molecule has 13 heavy (non-hydrogen) atoms. The maximum atomic E-state index is 5.49. The Hall–Kier alpha value is -0.950. The van der Waals surface area contributed by atoms with E-state index < -0.39 is 0 Å². The number of alkyl halides is 1. The maximum Gasteiger partial charge on any atom is 0.119 e. The molecule has 0 saturated carbocycles. The van der Waals surface area contributed by atoms with Crippen LogP contribution in [0.5, 0.6) is 5.75 Å². The summed E-state index contributed by atoms with van der Waals surface area (Å²) >= 11 is 5.49. The zero-order valence-corrected chi connectivity index (χ0v) is 8.47. The Balaban J connectivity index is 2.64. The van der Waals surface area contributed by atoms with Crippen LogP contribution in [-0.2, 0) is 0 Å². The van der Waals surface area contributed by atoms with Crippen LogP contribution in [0.25, 0.3) is 5.57 Å². The van der Waals surface area contributed by atoms with Crippen LogP contribution in [0.2, 0.25) is 0 Å². The van der Waals surface area contributed by atoms with Gasteiger partial charge in [0.05, 0.1) is 5.88 Å². The van der Waals surface area contributed by atoms with Crippen LogP contribution in [-0.4, -0.2) is 12.5 Å². The molecule has 0 aliphatic rings. The van der Waals surface area contributed by atoms with Gasteiger partial charge in [-0.25, -0.2) is 0 Å². The summed E-state index contributed by atoms with van der Waals surface area (Å²) < 4.78 is 5.33. The predicted molar refractivity (Wildman–Crippen MR) is 57.4 cm³/mol. The van der Waals surface area contributed by atoms with Crippen molar-refractivity contribution in [3.05, 3.63) is 36.4 Å². The first-order valence-corrected chi connectivity index (χ1v) is 4.72. The van der Waals surface area contributed by atoms with Crippen molar-refractivity contribution in [2.45, 2.75) is 6.92 Å². The van der Waals surface area contributed by atoms with Crippen LogP contribution in [0.4, 0.5) is 0 Å². The summed E-state index contributed by atoms with van der Waals surface area (Å²) in [4.78, 5) is 0. The van der Waals surface area contributed by atoms with Gasteiger partial charge in [-0.3, -0.25) is 0 Å². The molecule has 0 unspecified atom stereocenters. The highest BCUT2D eigenvalue weighted by Crippen LogP contribution is 2.16. The van der Waals surface area contributed by atoms with E-state index in [-0.39, 0.29) is 0 Å². The average Bonchev–Trinajstić information content (AvgIpc) is 2.15. The van der Waals surface area contributed by atoms with E-state index in [4.69, 9.17) is 16.3 Å². The highest BCUT2D eigenvalue weighted by atomic mass is 35.5. The van der Waals surface area contributed by atoms with E-state index in [1.54, 1.807) is 0 Å². The molecule has 1 rings (SSSR count). The second-order valence-electron chi connectivity index (χ2n) is 2.84. The number of hydrogen-bond acceptors (Lipinski definition) is 1. The van der Waals surface area contributed by atoms with Gasteiger partial charge < -0.3 is 4.74 Å². The summed E-state index contributed by atoms with van der Waals surface area (Å²) in [7, 11) is 0. The number of rotatable bonds is 4. The van der Waals surface area contributed by atoms with E-state index in [1.165, 1.54) is 0 Å². The molecule has 0 fully saturated rings. The number of halogens is 1. The van der Waals surface area contributed by atoms with Crippen LogP contribution < -0.4 is 4.74 Å². The SMILES string of the molecule is C=C(C)c1ccc(OCCCl)cc1. The smallest absolute Gasteiger partial charge is 0.119 e. The number of allylic oxidation sites excluding steroid dienone is 1. The molecule has 0 bridgehead atoms. The third-order valence-corrected chi connectivity index (χ3v) is 1.85. The third-order valence-electron chi connectivity index (χ3n) is 1.69. The number of hydrogen-bond donors (Lipinski definition) is 0. The van der Waals surface area contributed by atoms with Gasteiger partial charge >= 0.3 is 0 Å². The van der Waals surface area contributed by atoms with Gasteiger partial charge in [0.2, 0.25) is 0 Å². The molecule has 0 N–H and O–H groups in total. The standard InChI is InChI=1S/C11H13ClO/c1-9(2)10-3-5-11(6-4-10)13-8-7-12/h3-6H,1,7-8H2,2H3. The summed E-state index contributed by atoms with van der Waals surface area (Å²) in [6.45, 7) is 6.39. The van der Waals surface area contributed by atoms with Crippen molar-refractivity contribution >= 4 is 17.2 Å². The second-order valence-corrected chi connectivity index (χ2v) is 3.22. The second kappa shape index (κ2) is 4.93. The maximum absolute atomic E-state index is 5.49. The Morgan fingerprint density at radius 2 is 2.00 bits per heavy atom. The Morgan fingerprint density at radius 1 is 1.38 bits per heavy atom. The van der Waals surface area contributed by atoms with Gasteiger partial charge in [0.25, 0.3) is 0 Å². The van der Waals surface area contributed by atoms with Crippen LogP contribution in [0.3, 0.4) is 0 Å². The lowest BCUT2D eigenvalue weighted by molar-refractivity contribution is 0.343. The van der Waals surface area contributed by atoms with Crippen molar-refractivity contribution in [1.82, 2.24) is 0 Å². The summed E-state index contributed by atoms with van der Waals surface area (Å²) in [5.41, 5.74) is 2.20. The molecule has 1 aromatic rings. The van der Waals surface area contributed by atoms with Crippen LogP contribution in [0.15, 0.2) is 30.8 Å². The summed E-state index contributed by atoms with van der Waals surface area (Å²) in [6, 6.07) is 7.84. The molecule has 0 heterocycles. The third kappa shape index (κ3) is 3.11. The summed E-state index contributed by atoms with van der Waals surface area (Å²) in [5.74, 6) is 1.37. The highest BCUT2D eigenvalue weighted by molar-refractivity contribution is 6.17. The fourth-order valence-electron chi connectivity index (χ4n) is 0.992. The molecule has 2 heteroatoms. The molecule has 0 spiro atoms. The summed E-state index contributed by atoms with van der Waals surface area (Å²) in [5, 5.41) is 0. The molecule has 0 aromatic heterocycles. The molecule has 1 aromatic carbocycles. The number of benzene rings is 1. The Kier molecular flexibility index (Phi) is 3.84. The van der Waals surface area contributed by atoms with Gasteiger partial charge in [0.15, 0.2) is 0 Å². The Labute approximate surface area is 84.0 Å². The zero-order chi connectivity index (χ0) is 9.68. The molecule has 0 atom stereocenters. The normalized spacial score (nSPS) is 9.69. The quantitative estimate of drug-likeness (QED) is 0.672. The topological polar surface area (TPSA) is 9.23 Å². The minimum absolute atomic E-state index is 0.516. The van der Waals surface area contributed by atoms with Gasteiger partial charge in [0.1, 0.15) is 12.4 Å². The fraction of sp³-hybridized carbons (Fsp3) is 0.273. The van der Waals surface area contributed by atoms with E-state index >= 15 is 0 Å². The van der Waals surface area contributed by atoms with Crippen LogP contribution in [0.1, 0.15) is 12.5 Å². The monoisotopic (exact) mass is 196 g/mol. The molecule has 0 saturated heterocycles. The van der Waals surface area contributed by atoms with Crippen molar-refractivity contribution in [1.29, 1.82) is 0 Å². The lowest BCUT2D eigenvalue weighted by Gasteiger charge is -2.04. The van der Waals surface area contributed by atoms with Gasteiger partial charge in [-0.1, -0.05) is 24.3 Å². The lowest BCUT2D eigenvalue weighted by Crippen LogP contribution is -1.97. The van der Waals surface area contributed by atoms with E-state index in [0.717, 1.165) is 16.9 Å². The van der Waals surface area contributed by atoms with Crippen LogP contribution in [0, 0.1) is 0 Å². The van der Waals surface area contributed by atoms with Crippen molar-refractivity contribution in [2.75, 3.05) is 12.5 Å². The van der Waals surface area contributed by atoms with Gasteiger partial charge in [0, 0.05) is 0 Å². The molecule has 0 aliphatic heterocycles. The molecule has 70 valence electrons. The van der Waals surface area contributed by atoms with Crippen molar-refractivity contribution in [3.63, 3.8) is 0 Å². The van der Waals surface area contributed by atoms with E-state index in [1.807, 2.05) is 31.2 Å². The summed E-state index contributed by atoms with van der Waals surface area (Å²) in [6.07, 6.45) is 0. The van der Waals surface area contributed by atoms with Gasteiger partial charge in [-0.05, 0) is 24.6 Å². The minimum atomic E-state index is 0.516. The van der Waals surface area contributed by atoms with E-state index in [9.17, 15) is 0 Å². The van der Waals surface area contributed by atoms with Crippen molar-refractivity contribution in [2.24, 2.45) is 0 Å². The van der Waals surface area contributed by atoms with Crippen LogP contribution >= 0.6 is 11.6 Å². The van der Waals surface area contributed by atoms with E-state index in [2.05, 4.69) is 6.58 Å². The molecular formula is C11H13ClO. The first kappa shape index (κ1) is 10.1. The predicted octanol–water partition coefficient (Wildman–Crippen LogP) is 3.34. The van der Waals surface area contributed by atoms with Gasteiger partial charge in [-0.2, -0.15) is 0 Å². The van der Waals surface area contributed by atoms with Gasteiger partial charge in [-0.15, -0.1) is 11.6 Å². The molecule has 0 radical (unpaired) electrons. The van der Waals surface area contributed by atoms with E-state index in [0.29, 0.717) is 12.5 Å². The minimum Gasteiger partial charge on any atom is -0.492 e. The Bertz CT molecular complexity index is 277. The zero-order valence-electron chi connectivity index (χ0n) is 7.72. The van der Waals surface area contributed by atoms with Crippen molar-refractivity contribution < 1.29 is 4.74 Å². The van der Waals surface area contributed by atoms with Crippen molar-refractivity contribution in [3.8, 4) is 5.75 Å². The highest BCUT2D eigenvalue weighted by Gasteiger charge is 1.94. The fourth-order valence-corrected chi connectivity index (χ4v) is 1.07. The average molecular weight is 197 g/mol. The molecular weight excluding hydrogens is 184 g/mol. The molecule has 0 amide bonds. The molecule has 0 aliphatic carbocycles.